The van der Waals surface area contributed by atoms with Crippen molar-refractivity contribution in [2.75, 3.05) is 27.3 Å². The summed E-state index contributed by atoms with van der Waals surface area (Å²) in [6.07, 6.45) is 0. The summed E-state index contributed by atoms with van der Waals surface area (Å²) in [5, 5.41) is 0. The van der Waals surface area contributed by atoms with Crippen LogP contribution in [-0.4, -0.2) is 32.2 Å². The average Bonchev–Trinajstić information content (AvgIpc) is 2.36. The van der Waals surface area contributed by atoms with E-state index in [4.69, 9.17) is 9.05 Å². The van der Waals surface area contributed by atoms with Crippen molar-refractivity contribution < 1.29 is 13.9 Å². The summed E-state index contributed by atoms with van der Waals surface area (Å²) < 4.78 is 11.4. The van der Waals surface area contributed by atoms with Gasteiger partial charge in [0.25, 0.3) is 7.94 Å². The molecule has 1 aromatic carbocycles. The van der Waals surface area contributed by atoms with Crippen molar-refractivity contribution in [3.8, 4) is 0 Å². The highest BCUT2D eigenvalue weighted by Gasteiger charge is 2.49. The van der Waals surface area contributed by atoms with Crippen molar-refractivity contribution in [2.24, 2.45) is 5.41 Å². The van der Waals surface area contributed by atoms with Gasteiger partial charge >= 0.3 is 0 Å². The van der Waals surface area contributed by atoms with Crippen molar-refractivity contribution in [1.29, 1.82) is 0 Å². The Balaban J connectivity index is 2.27. The molecule has 0 bridgehead atoms. The van der Waals surface area contributed by atoms with E-state index in [1.165, 1.54) is 5.56 Å². The smallest absolute Gasteiger partial charge is 0.259 e. The number of nitrogens with zero attached hydrogens (tertiary/aromatic N) is 1. The third kappa shape index (κ3) is 3.38. The molecule has 0 radical (unpaired) electrons. The zero-order chi connectivity index (χ0) is 15.0. The molecule has 1 aromatic rings. The maximum absolute atomic E-state index is 13.1. The van der Waals surface area contributed by atoms with E-state index in [0.29, 0.717) is 13.2 Å². The van der Waals surface area contributed by atoms with Gasteiger partial charge in [-0.05, 0) is 21.0 Å². The Hall–Kier alpha value is -0.510. The van der Waals surface area contributed by atoms with Crippen LogP contribution in [0.15, 0.2) is 24.3 Å². The molecular formula is C15H24NO3P. The van der Waals surface area contributed by atoms with E-state index in [2.05, 4.69) is 0 Å². The van der Waals surface area contributed by atoms with Gasteiger partial charge in [0.2, 0.25) is 0 Å². The Bertz CT molecular complexity index is 449. The van der Waals surface area contributed by atoms with Crippen LogP contribution in [0.3, 0.4) is 0 Å². The predicted octanol–water partition coefficient (Wildman–Crippen LogP) is 2.75. The van der Waals surface area contributed by atoms with Gasteiger partial charge in [0.1, 0.15) is 13.2 Å². The minimum atomic E-state index is -3.17. The van der Waals surface area contributed by atoms with Crippen LogP contribution in [0.25, 0.3) is 0 Å². The molecule has 4 nitrogen and oxygen atoms in total. The Morgan fingerprint density at radius 2 is 1.65 bits per heavy atom. The lowest BCUT2D eigenvalue weighted by Gasteiger charge is -2.43. The van der Waals surface area contributed by atoms with Gasteiger partial charge in [0.15, 0.2) is 5.78 Å². The third-order valence-corrected chi connectivity index (χ3v) is 5.77. The van der Waals surface area contributed by atoms with Gasteiger partial charge in [-0.15, -0.1) is 0 Å². The molecule has 0 saturated carbocycles. The van der Waals surface area contributed by atoms with E-state index in [-0.39, 0.29) is 11.2 Å². The minimum absolute atomic E-state index is 0.0853. The topological polar surface area (TPSA) is 44.8 Å². The second kappa shape index (κ2) is 5.70. The highest BCUT2D eigenvalue weighted by Crippen LogP contribution is 2.67. The Morgan fingerprint density at radius 1 is 1.15 bits per heavy atom. The molecule has 0 amide bonds. The van der Waals surface area contributed by atoms with Crippen molar-refractivity contribution in [2.45, 2.75) is 26.6 Å². The molecule has 1 atom stereocenters. The SMILES string of the molecule is Cc1ccc(C(N(C)C)[P+]2([O-])OCC(C)(C)CO2)cc1. The summed E-state index contributed by atoms with van der Waals surface area (Å²) in [5.74, 6) is -0.362. The monoisotopic (exact) mass is 297 g/mol. The molecule has 2 rings (SSSR count). The van der Waals surface area contributed by atoms with Gasteiger partial charge in [0.05, 0.1) is 0 Å². The third-order valence-electron chi connectivity index (χ3n) is 3.43. The van der Waals surface area contributed by atoms with Crippen LogP contribution < -0.4 is 4.89 Å². The molecule has 20 heavy (non-hydrogen) atoms. The van der Waals surface area contributed by atoms with Crippen LogP contribution in [0.2, 0.25) is 0 Å². The van der Waals surface area contributed by atoms with E-state index in [1.54, 1.807) is 0 Å². The minimum Gasteiger partial charge on any atom is -0.630 e. The molecule has 1 fully saturated rings. The van der Waals surface area contributed by atoms with Crippen molar-refractivity contribution in [3.05, 3.63) is 35.4 Å². The largest absolute Gasteiger partial charge is 0.630 e. The van der Waals surface area contributed by atoms with E-state index in [0.717, 1.165) is 5.56 Å². The van der Waals surface area contributed by atoms with Crippen LogP contribution in [0.5, 0.6) is 0 Å². The van der Waals surface area contributed by atoms with Gasteiger partial charge in [0, 0.05) is 11.0 Å². The molecule has 0 spiro atoms. The fourth-order valence-electron chi connectivity index (χ4n) is 2.25. The Morgan fingerprint density at radius 3 is 2.10 bits per heavy atom. The highest BCUT2D eigenvalue weighted by molar-refractivity contribution is 7.59. The van der Waals surface area contributed by atoms with Crippen LogP contribution in [0, 0.1) is 12.3 Å². The molecule has 0 aromatic heterocycles. The van der Waals surface area contributed by atoms with Crippen LogP contribution in [0.1, 0.15) is 30.8 Å². The quantitative estimate of drug-likeness (QED) is 0.805. The molecule has 1 aliphatic rings. The fraction of sp³-hybridized carbons (Fsp3) is 0.600. The number of rotatable bonds is 3. The molecular weight excluding hydrogens is 273 g/mol. The van der Waals surface area contributed by atoms with Gasteiger partial charge in [-0.2, -0.15) is 0 Å². The molecule has 112 valence electrons. The lowest BCUT2D eigenvalue weighted by Crippen LogP contribution is -2.40. The van der Waals surface area contributed by atoms with Crippen molar-refractivity contribution >= 4 is 7.94 Å². The van der Waals surface area contributed by atoms with Crippen molar-refractivity contribution in [1.82, 2.24) is 4.90 Å². The summed E-state index contributed by atoms with van der Waals surface area (Å²) in [5.41, 5.74) is 2.05. The fourth-order valence-corrected chi connectivity index (χ4v) is 4.77. The number of hydrogen-bond acceptors (Lipinski definition) is 4. The predicted molar refractivity (Wildman–Crippen MR) is 80.2 cm³/mol. The molecule has 0 aliphatic carbocycles. The number of benzene rings is 1. The lowest BCUT2D eigenvalue weighted by molar-refractivity contribution is -0.239. The first-order valence-electron chi connectivity index (χ1n) is 6.85. The summed E-state index contributed by atoms with van der Waals surface area (Å²) in [6, 6.07) is 8.02. The van der Waals surface area contributed by atoms with Gasteiger partial charge in [-0.25, -0.2) is 9.05 Å². The second-order valence-electron chi connectivity index (χ2n) is 6.50. The Kier molecular flexibility index (Phi) is 4.53. The van der Waals surface area contributed by atoms with E-state index in [9.17, 15) is 4.89 Å². The molecule has 5 heteroatoms. The average molecular weight is 297 g/mol. The first kappa shape index (κ1) is 15.9. The van der Waals surface area contributed by atoms with Crippen LogP contribution in [-0.2, 0) is 9.05 Å². The zero-order valence-electron chi connectivity index (χ0n) is 12.9. The summed E-state index contributed by atoms with van der Waals surface area (Å²) in [4.78, 5) is 15.0. The van der Waals surface area contributed by atoms with Crippen molar-refractivity contribution in [3.63, 3.8) is 0 Å². The van der Waals surface area contributed by atoms with Gasteiger partial charge in [-0.1, -0.05) is 43.7 Å². The molecule has 1 unspecified atom stereocenters. The maximum atomic E-state index is 13.1. The van der Waals surface area contributed by atoms with Crippen LogP contribution in [0.4, 0.5) is 0 Å². The van der Waals surface area contributed by atoms with E-state index in [1.807, 2.05) is 64.0 Å². The first-order valence-corrected chi connectivity index (χ1v) is 8.46. The van der Waals surface area contributed by atoms with E-state index < -0.39 is 7.94 Å². The first-order chi connectivity index (χ1) is 9.23. The number of aryl methyl sites for hydroxylation is 1. The van der Waals surface area contributed by atoms with Crippen LogP contribution >= 0.6 is 7.94 Å². The summed E-state index contributed by atoms with van der Waals surface area (Å²) in [6.45, 7) is 7.05. The highest BCUT2D eigenvalue weighted by atomic mass is 31.2. The van der Waals surface area contributed by atoms with Gasteiger partial charge < -0.3 is 4.89 Å². The number of hydrogen-bond donors (Lipinski definition) is 0. The summed E-state index contributed by atoms with van der Waals surface area (Å²) in [7, 11) is 0.628. The summed E-state index contributed by atoms with van der Waals surface area (Å²) >= 11 is 0. The van der Waals surface area contributed by atoms with Gasteiger partial charge in [-0.3, -0.25) is 4.90 Å². The normalized spacial score (nSPS) is 22.8. The zero-order valence-corrected chi connectivity index (χ0v) is 13.8. The van der Waals surface area contributed by atoms with E-state index >= 15 is 0 Å². The second-order valence-corrected chi connectivity index (χ2v) is 8.58. The molecule has 1 heterocycles. The lowest BCUT2D eigenvalue weighted by atomic mass is 9.97. The molecule has 0 N–H and O–H groups in total. The standard InChI is InChI=1S/C15H24NO3P/c1-12-6-8-13(9-7-12)14(16(4)5)20(17)18-10-15(2,3)11-19-20/h6-9,14H,10-11H2,1-5H3. The molecule has 1 saturated heterocycles. The maximum Gasteiger partial charge on any atom is 0.259 e. The molecule has 1 aliphatic heterocycles. The Labute approximate surface area is 122 Å².